The smallest absolute Gasteiger partial charge is 0.130 e. The molecule has 1 aliphatic rings. The van der Waals surface area contributed by atoms with Crippen LogP contribution in [0.1, 0.15) is 24.1 Å². The number of rotatable bonds is 4. The fraction of sp³-hybridized carbons (Fsp3) is 0.769. The van der Waals surface area contributed by atoms with Crippen LogP contribution in [-0.4, -0.2) is 46.9 Å². The molecule has 2 rings (SSSR count). The van der Waals surface area contributed by atoms with Crippen molar-refractivity contribution in [3.63, 3.8) is 0 Å². The quantitative estimate of drug-likeness (QED) is 0.912. The fourth-order valence-corrected chi connectivity index (χ4v) is 2.93. The van der Waals surface area contributed by atoms with E-state index in [2.05, 4.69) is 5.10 Å². The van der Waals surface area contributed by atoms with E-state index in [4.69, 9.17) is 21.1 Å². The largest absolute Gasteiger partial charge is 0.390 e. The van der Waals surface area contributed by atoms with Crippen LogP contribution in [0.3, 0.4) is 0 Å². The van der Waals surface area contributed by atoms with Gasteiger partial charge in [-0.05, 0) is 6.92 Å². The first kappa shape index (κ1) is 14.8. The summed E-state index contributed by atoms with van der Waals surface area (Å²) in [5.41, 5.74) is 1.20. The van der Waals surface area contributed by atoms with E-state index in [9.17, 15) is 5.11 Å². The highest BCUT2D eigenvalue weighted by atomic mass is 35.5. The van der Waals surface area contributed by atoms with Crippen LogP contribution in [-0.2, 0) is 22.9 Å². The molecule has 0 amide bonds. The number of aromatic nitrogens is 2. The minimum absolute atomic E-state index is 0.451. The summed E-state index contributed by atoms with van der Waals surface area (Å²) in [7, 11) is 3.44. The molecule has 0 bridgehead atoms. The summed E-state index contributed by atoms with van der Waals surface area (Å²) in [6.45, 7) is 3.13. The molecule has 1 aromatic heterocycles. The van der Waals surface area contributed by atoms with Crippen LogP contribution >= 0.6 is 11.6 Å². The van der Waals surface area contributed by atoms with Gasteiger partial charge in [0.15, 0.2) is 0 Å². The average molecular weight is 289 g/mol. The van der Waals surface area contributed by atoms with Crippen molar-refractivity contribution in [1.82, 2.24) is 9.78 Å². The second-order valence-electron chi connectivity index (χ2n) is 5.08. The predicted octanol–water partition coefficient (Wildman–Crippen LogP) is 1.48. The molecular weight excluding hydrogens is 268 g/mol. The lowest BCUT2D eigenvalue weighted by atomic mass is 9.85. The molecule has 1 aromatic rings. The summed E-state index contributed by atoms with van der Waals surface area (Å²) in [6.07, 6.45) is 1.23. The van der Waals surface area contributed by atoms with Gasteiger partial charge in [-0.1, -0.05) is 11.6 Å². The van der Waals surface area contributed by atoms with Crippen molar-refractivity contribution in [2.75, 3.05) is 20.3 Å². The average Bonchev–Trinajstić information content (AvgIpc) is 2.66. The van der Waals surface area contributed by atoms with Gasteiger partial charge in [0.2, 0.25) is 0 Å². The standard InChI is InChI=1S/C13H21ClN2O3/c1-9-10(12(14)16(2)15-9)8-11(17)13(18-3)4-6-19-7-5-13/h11,17H,4-8H2,1-3H3. The summed E-state index contributed by atoms with van der Waals surface area (Å²) >= 11 is 6.21. The number of aryl methyl sites for hydroxylation is 2. The van der Waals surface area contributed by atoms with Crippen molar-refractivity contribution in [3.8, 4) is 0 Å². The lowest BCUT2D eigenvalue weighted by Gasteiger charge is -2.39. The Labute approximate surface area is 118 Å². The van der Waals surface area contributed by atoms with Gasteiger partial charge in [0.25, 0.3) is 0 Å². The third kappa shape index (κ3) is 2.79. The first-order valence-electron chi connectivity index (χ1n) is 6.49. The van der Waals surface area contributed by atoms with Gasteiger partial charge < -0.3 is 14.6 Å². The number of hydrogen-bond donors (Lipinski definition) is 1. The second-order valence-corrected chi connectivity index (χ2v) is 5.44. The molecule has 0 aliphatic carbocycles. The van der Waals surface area contributed by atoms with E-state index < -0.39 is 11.7 Å². The van der Waals surface area contributed by atoms with Gasteiger partial charge in [0.05, 0.1) is 17.4 Å². The van der Waals surface area contributed by atoms with Crippen molar-refractivity contribution in [2.24, 2.45) is 7.05 Å². The van der Waals surface area contributed by atoms with Crippen LogP contribution in [0.15, 0.2) is 0 Å². The van der Waals surface area contributed by atoms with E-state index in [0.717, 1.165) is 11.3 Å². The van der Waals surface area contributed by atoms with E-state index in [1.807, 2.05) is 6.92 Å². The number of halogens is 1. The maximum atomic E-state index is 10.6. The van der Waals surface area contributed by atoms with Gasteiger partial charge in [-0.15, -0.1) is 0 Å². The molecule has 1 fully saturated rings. The van der Waals surface area contributed by atoms with Crippen LogP contribution in [0.4, 0.5) is 0 Å². The molecule has 6 heteroatoms. The minimum atomic E-state index is -0.609. The number of nitrogens with zero attached hydrogens (tertiary/aromatic N) is 2. The van der Waals surface area contributed by atoms with E-state index in [-0.39, 0.29) is 0 Å². The second kappa shape index (κ2) is 5.79. The molecule has 1 N–H and O–H groups in total. The van der Waals surface area contributed by atoms with E-state index in [0.29, 0.717) is 37.6 Å². The van der Waals surface area contributed by atoms with Crippen molar-refractivity contribution in [2.45, 2.75) is 37.9 Å². The van der Waals surface area contributed by atoms with Gasteiger partial charge in [-0.25, -0.2) is 0 Å². The Kier molecular flexibility index (Phi) is 4.50. The highest BCUT2D eigenvalue weighted by Crippen LogP contribution is 2.32. The van der Waals surface area contributed by atoms with Crippen LogP contribution in [0.2, 0.25) is 5.15 Å². The predicted molar refractivity (Wildman–Crippen MR) is 72.5 cm³/mol. The summed E-state index contributed by atoms with van der Waals surface area (Å²) in [4.78, 5) is 0. The maximum absolute atomic E-state index is 10.6. The Morgan fingerprint density at radius 1 is 1.53 bits per heavy atom. The third-order valence-corrected chi connectivity index (χ3v) is 4.49. The SMILES string of the molecule is COC1(C(O)Cc2c(C)nn(C)c2Cl)CCOCC1. The third-order valence-electron chi connectivity index (χ3n) is 4.02. The molecule has 1 unspecified atom stereocenters. The zero-order valence-electron chi connectivity index (χ0n) is 11.6. The lowest BCUT2D eigenvalue weighted by Crippen LogP contribution is -2.49. The molecule has 0 saturated carbocycles. The van der Waals surface area contributed by atoms with Crippen LogP contribution < -0.4 is 0 Å². The van der Waals surface area contributed by atoms with Crippen molar-refractivity contribution < 1.29 is 14.6 Å². The summed E-state index contributed by atoms with van der Waals surface area (Å²) < 4.78 is 12.6. The number of ether oxygens (including phenoxy) is 2. The highest BCUT2D eigenvalue weighted by Gasteiger charge is 2.40. The van der Waals surface area contributed by atoms with Crippen molar-refractivity contribution in [1.29, 1.82) is 0 Å². The van der Waals surface area contributed by atoms with E-state index in [1.165, 1.54) is 0 Å². The monoisotopic (exact) mass is 288 g/mol. The van der Waals surface area contributed by atoms with Crippen LogP contribution in [0.5, 0.6) is 0 Å². The normalized spacial score (nSPS) is 20.5. The molecule has 0 radical (unpaired) electrons. The summed E-state index contributed by atoms with van der Waals surface area (Å²) in [6, 6.07) is 0. The molecule has 0 aromatic carbocycles. The van der Waals surface area contributed by atoms with Gasteiger partial charge in [0.1, 0.15) is 5.15 Å². The Hall–Kier alpha value is -0.620. The Bertz CT molecular complexity index is 441. The molecule has 2 heterocycles. The first-order valence-corrected chi connectivity index (χ1v) is 6.87. The topological polar surface area (TPSA) is 56.5 Å². The molecule has 5 nitrogen and oxygen atoms in total. The molecule has 108 valence electrons. The molecule has 19 heavy (non-hydrogen) atoms. The van der Waals surface area contributed by atoms with Crippen LogP contribution in [0.25, 0.3) is 0 Å². The Morgan fingerprint density at radius 3 is 2.63 bits per heavy atom. The van der Waals surface area contributed by atoms with Gasteiger partial charge in [0, 0.05) is 52.2 Å². The first-order chi connectivity index (χ1) is 9.00. The Morgan fingerprint density at radius 2 is 2.16 bits per heavy atom. The molecule has 1 aliphatic heterocycles. The molecule has 1 atom stereocenters. The van der Waals surface area contributed by atoms with Crippen molar-refractivity contribution >= 4 is 11.6 Å². The maximum Gasteiger partial charge on any atom is 0.130 e. The number of hydrogen-bond acceptors (Lipinski definition) is 4. The fourth-order valence-electron chi connectivity index (χ4n) is 2.68. The minimum Gasteiger partial charge on any atom is -0.390 e. The van der Waals surface area contributed by atoms with Gasteiger partial charge >= 0.3 is 0 Å². The molecule has 1 saturated heterocycles. The van der Waals surface area contributed by atoms with E-state index in [1.54, 1.807) is 18.8 Å². The van der Waals surface area contributed by atoms with Crippen molar-refractivity contribution in [3.05, 3.63) is 16.4 Å². The number of methoxy groups -OCH3 is 1. The van der Waals surface area contributed by atoms with Gasteiger partial charge in [-0.3, -0.25) is 4.68 Å². The summed E-state index contributed by atoms with van der Waals surface area (Å²) in [5, 5.41) is 15.4. The van der Waals surface area contributed by atoms with Gasteiger partial charge in [-0.2, -0.15) is 5.10 Å². The number of aliphatic hydroxyl groups is 1. The lowest BCUT2D eigenvalue weighted by molar-refractivity contribution is -0.151. The molecule has 0 spiro atoms. The summed E-state index contributed by atoms with van der Waals surface area (Å²) in [5.74, 6) is 0. The van der Waals surface area contributed by atoms with E-state index >= 15 is 0 Å². The zero-order valence-corrected chi connectivity index (χ0v) is 12.4. The molecular formula is C13H21ClN2O3. The Balaban J connectivity index is 2.17. The van der Waals surface area contributed by atoms with Crippen LogP contribution in [0, 0.1) is 6.92 Å². The zero-order chi connectivity index (χ0) is 14.0. The highest BCUT2D eigenvalue weighted by molar-refractivity contribution is 6.30. The number of aliphatic hydroxyl groups excluding tert-OH is 1.